The van der Waals surface area contributed by atoms with Gasteiger partial charge in [-0.25, -0.2) is 0 Å². The lowest BCUT2D eigenvalue weighted by atomic mass is 10.1. The van der Waals surface area contributed by atoms with E-state index < -0.39 is 0 Å². The van der Waals surface area contributed by atoms with Crippen LogP contribution in [0, 0.1) is 17.2 Å². The van der Waals surface area contributed by atoms with Gasteiger partial charge in [-0.15, -0.1) is 0 Å². The highest BCUT2D eigenvalue weighted by atomic mass is 15.1. The summed E-state index contributed by atoms with van der Waals surface area (Å²) in [6, 6.07) is 9.72. The Labute approximate surface area is 96.1 Å². The fourth-order valence-electron chi connectivity index (χ4n) is 1.64. The van der Waals surface area contributed by atoms with Crippen LogP contribution in [0.25, 0.3) is 0 Å². The lowest BCUT2D eigenvalue weighted by molar-refractivity contribution is 0.747. The van der Waals surface area contributed by atoms with E-state index in [-0.39, 0.29) is 0 Å². The molecule has 0 radical (unpaired) electrons. The molecule has 0 bridgehead atoms. The molecule has 0 N–H and O–H groups in total. The van der Waals surface area contributed by atoms with Crippen LogP contribution in [0.15, 0.2) is 48.8 Å². The van der Waals surface area contributed by atoms with E-state index in [1.165, 1.54) is 0 Å². The number of nitriles is 1. The molecule has 1 atom stereocenters. The second-order valence-corrected chi connectivity index (χ2v) is 4.01. The third-order valence-electron chi connectivity index (χ3n) is 2.64. The Hall–Kier alpha value is -2.01. The van der Waals surface area contributed by atoms with E-state index in [2.05, 4.69) is 42.4 Å². The van der Waals surface area contributed by atoms with E-state index in [9.17, 15) is 0 Å². The Morgan fingerprint density at radius 2 is 2.00 bits per heavy atom. The first kappa shape index (κ1) is 10.5. The van der Waals surface area contributed by atoms with Gasteiger partial charge in [0.05, 0.1) is 11.6 Å². The summed E-state index contributed by atoms with van der Waals surface area (Å²) in [5.74, 6) is 0.583. The fraction of sp³-hybridized carbons (Fsp3) is 0.214. The highest BCUT2D eigenvalue weighted by molar-refractivity contribution is 5.54. The molecule has 1 aromatic rings. The van der Waals surface area contributed by atoms with Crippen LogP contribution in [-0.4, -0.2) is 0 Å². The predicted molar refractivity (Wildman–Crippen MR) is 65.7 cm³/mol. The van der Waals surface area contributed by atoms with Crippen LogP contribution in [0.1, 0.15) is 18.9 Å². The molecular weight excluding hydrogens is 196 g/mol. The molecule has 16 heavy (non-hydrogen) atoms. The summed E-state index contributed by atoms with van der Waals surface area (Å²) in [5, 5.41) is 8.73. The Kier molecular flexibility index (Phi) is 3.07. The maximum atomic E-state index is 8.73. The summed E-state index contributed by atoms with van der Waals surface area (Å²) in [4.78, 5) is 2.07. The van der Waals surface area contributed by atoms with Crippen LogP contribution in [0.3, 0.4) is 0 Å². The van der Waals surface area contributed by atoms with Crippen LogP contribution < -0.4 is 4.90 Å². The number of hydrogen-bond acceptors (Lipinski definition) is 2. The molecule has 2 nitrogen and oxygen atoms in total. The van der Waals surface area contributed by atoms with Gasteiger partial charge in [0.1, 0.15) is 0 Å². The van der Waals surface area contributed by atoms with E-state index in [0.717, 1.165) is 12.1 Å². The van der Waals surface area contributed by atoms with Crippen molar-refractivity contribution in [3.05, 3.63) is 54.4 Å². The van der Waals surface area contributed by atoms with Gasteiger partial charge in [0.25, 0.3) is 0 Å². The standard InChI is InChI=1S/C14H14N2/c1-12-3-2-9-16(10-8-12)14-6-4-13(11-15)5-7-14/h2,4-10,12H,3H2,1H3. The fourth-order valence-corrected chi connectivity index (χ4v) is 1.64. The summed E-state index contributed by atoms with van der Waals surface area (Å²) in [6.45, 7) is 2.20. The molecular formula is C14H14N2. The molecule has 0 aliphatic carbocycles. The van der Waals surface area contributed by atoms with Gasteiger partial charge in [-0.3, -0.25) is 0 Å². The van der Waals surface area contributed by atoms with Gasteiger partial charge >= 0.3 is 0 Å². The molecule has 1 aromatic carbocycles. The maximum Gasteiger partial charge on any atom is 0.0991 e. The highest BCUT2D eigenvalue weighted by Gasteiger charge is 2.04. The molecule has 1 aliphatic heterocycles. The van der Waals surface area contributed by atoms with Crippen molar-refractivity contribution in [1.29, 1.82) is 5.26 Å². The topological polar surface area (TPSA) is 27.0 Å². The second-order valence-electron chi connectivity index (χ2n) is 4.01. The quantitative estimate of drug-likeness (QED) is 0.710. The highest BCUT2D eigenvalue weighted by Crippen LogP contribution is 2.19. The van der Waals surface area contributed by atoms with E-state index in [4.69, 9.17) is 5.26 Å². The van der Waals surface area contributed by atoms with Crippen molar-refractivity contribution in [3.8, 4) is 6.07 Å². The van der Waals surface area contributed by atoms with Crippen LogP contribution in [0.2, 0.25) is 0 Å². The van der Waals surface area contributed by atoms with Crippen molar-refractivity contribution in [1.82, 2.24) is 0 Å². The molecule has 0 aromatic heterocycles. The number of nitrogens with zero attached hydrogens (tertiary/aromatic N) is 2. The van der Waals surface area contributed by atoms with Crippen molar-refractivity contribution < 1.29 is 0 Å². The van der Waals surface area contributed by atoms with Crippen LogP contribution >= 0.6 is 0 Å². The lowest BCUT2D eigenvalue weighted by Gasteiger charge is -2.14. The number of rotatable bonds is 1. The Bertz CT molecular complexity index is 449. The smallest absolute Gasteiger partial charge is 0.0991 e. The minimum absolute atomic E-state index is 0.583. The van der Waals surface area contributed by atoms with Gasteiger partial charge in [0.15, 0.2) is 0 Å². The van der Waals surface area contributed by atoms with E-state index in [1.807, 2.05) is 24.3 Å². The first-order valence-electron chi connectivity index (χ1n) is 5.43. The summed E-state index contributed by atoms with van der Waals surface area (Å²) in [5.41, 5.74) is 1.78. The summed E-state index contributed by atoms with van der Waals surface area (Å²) in [7, 11) is 0. The first-order chi connectivity index (χ1) is 7.79. The first-order valence-corrected chi connectivity index (χ1v) is 5.43. The predicted octanol–water partition coefficient (Wildman–Crippen LogP) is 3.43. The average molecular weight is 210 g/mol. The summed E-state index contributed by atoms with van der Waals surface area (Å²) < 4.78 is 0. The minimum atomic E-state index is 0.583. The third-order valence-corrected chi connectivity index (χ3v) is 2.64. The number of allylic oxidation sites excluding steroid dienone is 2. The van der Waals surface area contributed by atoms with Gasteiger partial charge in [0, 0.05) is 18.1 Å². The molecule has 0 spiro atoms. The van der Waals surface area contributed by atoms with Gasteiger partial charge < -0.3 is 4.90 Å². The van der Waals surface area contributed by atoms with E-state index >= 15 is 0 Å². The molecule has 0 fully saturated rings. The number of benzene rings is 1. The second kappa shape index (κ2) is 4.67. The molecule has 2 rings (SSSR count). The van der Waals surface area contributed by atoms with Crippen molar-refractivity contribution in [2.75, 3.05) is 4.90 Å². The van der Waals surface area contributed by atoms with Crippen molar-refractivity contribution >= 4 is 5.69 Å². The van der Waals surface area contributed by atoms with Crippen LogP contribution in [-0.2, 0) is 0 Å². The van der Waals surface area contributed by atoms with Crippen LogP contribution in [0.5, 0.6) is 0 Å². The maximum absolute atomic E-state index is 8.73. The molecule has 1 unspecified atom stereocenters. The van der Waals surface area contributed by atoms with Crippen molar-refractivity contribution in [2.24, 2.45) is 5.92 Å². The zero-order valence-corrected chi connectivity index (χ0v) is 9.30. The summed E-state index contributed by atoms with van der Waals surface area (Å²) in [6.07, 6.45) is 9.58. The Morgan fingerprint density at radius 3 is 2.69 bits per heavy atom. The largest absolute Gasteiger partial charge is 0.325 e. The zero-order valence-electron chi connectivity index (χ0n) is 9.30. The van der Waals surface area contributed by atoms with Gasteiger partial charge in [0.2, 0.25) is 0 Å². The molecule has 1 heterocycles. The molecule has 2 heteroatoms. The molecule has 0 saturated carbocycles. The molecule has 1 aliphatic rings. The Balaban J connectivity index is 2.24. The number of hydrogen-bond donors (Lipinski definition) is 0. The summed E-state index contributed by atoms with van der Waals surface area (Å²) >= 11 is 0. The normalized spacial score (nSPS) is 19.2. The van der Waals surface area contributed by atoms with Gasteiger partial charge in [-0.1, -0.05) is 19.1 Å². The third kappa shape index (κ3) is 2.32. The van der Waals surface area contributed by atoms with Crippen LogP contribution in [0.4, 0.5) is 5.69 Å². The monoisotopic (exact) mass is 210 g/mol. The van der Waals surface area contributed by atoms with Crippen molar-refractivity contribution in [2.45, 2.75) is 13.3 Å². The minimum Gasteiger partial charge on any atom is -0.325 e. The van der Waals surface area contributed by atoms with Gasteiger partial charge in [-0.2, -0.15) is 5.26 Å². The molecule has 0 saturated heterocycles. The SMILES string of the molecule is CC1C=CN(c2ccc(C#N)cc2)C=CC1. The van der Waals surface area contributed by atoms with E-state index in [0.29, 0.717) is 11.5 Å². The Morgan fingerprint density at radius 1 is 1.25 bits per heavy atom. The van der Waals surface area contributed by atoms with Crippen molar-refractivity contribution in [3.63, 3.8) is 0 Å². The van der Waals surface area contributed by atoms with E-state index in [1.54, 1.807) is 0 Å². The van der Waals surface area contributed by atoms with Gasteiger partial charge in [-0.05, 0) is 36.6 Å². The number of anilines is 1. The average Bonchev–Trinajstić information content (AvgIpc) is 2.54. The zero-order chi connectivity index (χ0) is 11.4. The molecule has 0 amide bonds. The molecule has 80 valence electrons. The lowest BCUT2D eigenvalue weighted by Crippen LogP contribution is -2.05.